The van der Waals surface area contributed by atoms with Crippen LogP contribution in [0, 0.1) is 5.92 Å². The van der Waals surface area contributed by atoms with Crippen LogP contribution in [0.3, 0.4) is 0 Å². The number of imide groups is 1. The van der Waals surface area contributed by atoms with Gasteiger partial charge in [-0.3, -0.25) is 19.9 Å². The minimum absolute atomic E-state index is 0.0553. The Hall–Kier alpha value is -4.62. The molecular weight excluding hydrogens is 612 g/mol. The first-order chi connectivity index (χ1) is 21.9. The summed E-state index contributed by atoms with van der Waals surface area (Å²) in [5.74, 6) is -2.54. The van der Waals surface area contributed by atoms with E-state index in [1.165, 1.54) is 41.6 Å². The molecule has 2 N–H and O–H groups in total. The van der Waals surface area contributed by atoms with Crippen molar-refractivity contribution in [2.75, 3.05) is 13.2 Å². The zero-order valence-corrected chi connectivity index (χ0v) is 26.8. The number of carboxylic acid groups (broad SMARTS) is 1. The molecule has 2 aromatic carbocycles. The lowest BCUT2D eigenvalue weighted by Gasteiger charge is -2.35. The minimum Gasteiger partial charge on any atom is -0.478 e. The molecule has 1 atom stereocenters. The highest BCUT2D eigenvalue weighted by Crippen LogP contribution is 2.32. The highest BCUT2D eigenvalue weighted by atomic mass is 32.2. The topological polar surface area (TPSA) is 163 Å². The van der Waals surface area contributed by atoms with E-state index in [4.69, 9.17) is 4.74 Å². The van der Waals surface area contributed by atoms with E-state index in [0.29, 0.717) is 29.5 Å². The van der Waals surface area contributed by atoms with Crippen molar-refractivity contribution >= 4 is 33.9 Å². The summed E-state index contributed by atoms with van der Waals surface area (Å²) in [6, 6.07) is 15.9. The molecule has 13 heteroatoms. The molecule has 0 saturated carbocycles. The number of ether oxygens (including phenoxy) is 1. The van der Waals surface area contributed by atoms with E-state index in [1.807, 2.05) is 0 Å². The highest BCUT2D eigenvalue weighted by molar-refractivity contribution is 7.90. The second-order valence-electron chi connectivity index (χ2n) is 11.4. The Bertz CT molecular complexity index is 1680. The molecule has 46 heavy (non-hydrogen) atoms. The minimum atomic E-state index is -4.64. The van der Waals surface area contributed by atoms with Gasteiger partial charge in [-0.05, 0) is 54.5 Å². The average Bonchev–Trinajstić information content (AvgIpc) is 3.48. The number of hydrogen-bond acceptors (Lipinski definition) is 9. The smallest absolute Gasteiger partial charge is 0.431 e. The summed E-state index contributed by atoms with van der Waals surface area (Å²) >= 11 is 0. The van der Waals surface area contributed by atoms with E-state index in [2.05, 4.69) is 10.3 Å². The number of carboxylic acids is 1. The zero-order valence-electron chi connectivity index (χ0n) is 26.0. The molecule has 0 radical (unpaired) electrons. The summed E-state index contributed by atoms with van der Waals surface area (Å²) in [5, 5.41) is 13.3. The van der Waals surface area contributed by atoms with Crippen LogP contribution in [0.25, 0.3) is 11.1 Å². The van der Waals surface area contributed by atoms with Crippen LogP contribution < -0.4 is 5.32 Å². The first-order valence-corrected chi connectivity index (χ1v) is 16.5. The maximum absolute atomic E-state index is 13.8. The van der Waals surface area contributed by atoms with Crippen molar-refractivity contribution in [3.8, 4) is 11.1 Å². The summed E-state index contributed by atoms with van der Waals surface area (Å²) in [7, 11) is -4.64. The molecular formula is C33H38N4O8S. The molecule has 12 nitrogen and oxygen atoms in total. The van der Waals surface area contributed by atoms with Gasteiger partial charge in [-0.25, -0.2) is 18.0 Å². The molecule has 0 aliphatic carbocycles. The van der Waals surface area contributed by atoms with Crippen LogP contribution in [-0.4, -0.2) is 70.4 Å². The molecule has 1 saturated heterocycles. The van der Waals surface area contributed by atoms with E-state index in [-0.39, 0.29) is 53.2 Å². The lowest BCUT2D eigenvalue weighted by molar-refractivity contribution is -0.150. The molecule has 0 bridgehead atoms. The van der Waals surface area contributed by atoms with Gasteiger partial charge < -0.3 is 14.7 Å². The number of benzene rings is 2. The molecule has 0 spiro atoms. The second-order valence-corrected chi connectivity index (χ2v) is 13.1. The fourth-order valence-electron chi connectivity index (χ4n) is 5.25. The maximum Gasteiger partial charge on any atom is 0.431 e. The fourth-order valence-corrected chi connectivity index (χ4v) is 6.77. The van der Waals surface area contributed by atoms with E-state index in [0.717, 1.165) is 0 Å². The van der Waals surface area contributed by atoms with Crippen LogP contribution in [0.4, 0.5) is 4.79 Å². The predicted octanol–water partition coefficient (Wildman–Crippen LogP) is 4.67. The molecule has 1 aliphatic rings. The Morgan fingerprint density at radius 1 is 1.04 bits per heavy atom. The van der Waals surface area contributed by atoms with Crippen molar-refractivity contribution < 1.29 is 37.4 Å². The van der Waals surface area contributed by atoms with Gasteiger partial charge in [0.2, 0.25) is 5.91 Å². The predicted molar refractivity (Wildman–Crippen MR) is 169 cm³/mol. The van der Waals surface area contributed by atoms with Crippen LogP contribution in [0.1, 0.15) is 62.4 Å². The van der Waals surface area contributed by atoms with Gasteiger partial charge in [0.25, 0.3) is 15.9 Å². The van der Waals surface area contributed by atoms with Crippen LogP contribution in [0.2, 0.25) is 0 Å². The largest absolute Gasteiger partial charge is 0.478 e. The van der Waals surface area contributed by atoms with Crippen LogP contribution in [-0.2, 0) is 30.9 Å². The van der Waals surface area contributed by atoms with Gasteiger partial charge >= 0.3 is 12.1 Å². The van der Waals surface area contributed by atoms with E-state index < -0.39 is 39.6 Å². The van der Waals surface area contributed by atoms with Crippen LogP contribution in [0.15, 0.2) is 78.0 Å². The lowest BCUT2D eigenvalue weighted by Crippen LogP contribution is -2.62. The van der Waals surface area contributed by atoms with Crippen molar-refractivity contribution in [3.63, 3.8) is 0 Å². The first kappa shape index (κ1) is 34.3. The molecule has 3 amide bonds. The van der Waals surface area contributed by atoms with Gasteiger partial charge in [0, 0.05) is 43.0 Å². The van der Waals surface area contributed by atoms with Gasteiger partial charge in [0.05, 0.1) is 11.5 Å². The molecule has 1 aromatic heterocycles. The maximum atomic E-state index is 13.8. The SMILES string of the molecule is CCCC(=O)N(C(=O)OCC(C)C)S(=O)(=O)c1ccccc1-c1ccc(CNC2(C(=O)O)CCCN2C(=O)c2ccncc2)cc1. The quantitative estimate of drug-likeness (QED) is 0.282. The van der Waals surface area contributed by atoms with Gasteiger partial charge in [0.1, 0.15) is 0 Å². The second kappa shape index (κ2) is 14.6. The summed E-state index contributed by atoms with van der Waals surface area (Å²) < 4.78 is 33.0. The number of amides is 3. The summed E-state index contributed by atoms with van der Waals surface area (Å²) in [6.45, 7) is 5.61. The normalized spacial score (nSPS) is 16.3. The fraction of sp³-hybridized carbons (Fsp3) is 0.364. The van der Waals surface area contributed by atoms with Gasteiger partial charge in [-0.2, -0.15) is 0 Å². The number of sulfonamides is 1. The van der Waals surface area contributed by atoms with E-state index >= 15 is 0 Å². The average molecular weight is 651 g/mol. The summed E-state index contributed by atoms with van der Waals surface area (Å²) in [5.41, 5.74) is 0.165. The molecule has 1 unspecified atom stereocenters. The number of likely N-dealkylation sites (tertiary alicyclic amines) is 1. The molecule has 1 aliphatic heterocycles. The monoisotopic (exact) mass is 650 g/mol. The number of nitrogens with one attached hydrogen (secondary N) is 1. The third kappa shape index (κ3) is 7.26. The third-order valence-corrected chi connectivity index (χ3v) is 9.30. The third-order valence-electron chi connectivity index (χ3n) is 7.56. The van der Waals surface area contributed by atoms with Gasteiger partial charge in [0.15, 0.2) is 5.66 Å². The number of carbonyl (C=O) groups is 4. The summed E-state index contributed by atoms with van der Waals surface area (Å²) in [4.78, 5) is 56.6. The van der Waals surface area contributed by atoms with E-state index in [9.17, 15) is 32.7 Å². The Labute approximate surface area is 268 Å². The number of hydrogen-bond donors (Lipinski definition) is 2. The standard InChI is InChI=1S/C33H38N4O8S/c1-4-8-29(38)37(32(42)45-22-23(2)3)46(43,44)28-10-6-5-9-27(28)25-13-11-24(12-14-25)21-35-33(31(40)41)17-7-20-36(33)30(39)26-15-18-34-19-16-26/h5-6,9-16,18-19,23,35H,4,7-8,17,20-22H2,1-3H3,(H,40,41). The van der Waals surface area contributed by atoms with Crippen LogP contribution >= 0.6 is 0 Å². The molecule has 2 heterocycles. The Morgan fingerprint density at radius 2 is 1.72 bits per heavy atom. The van der Waals surface area contributed by atoms with Crippen molar-refractivity contribution in [2.24, 2.45) is 5.92 Å². The number of aromatic nitrogens is 1. The van der Waals surface area contributed by atoms with Gasteiger partial charge in [-0.15, -0.1) is 4.31 Å². The number of pyridine rings is 1. The number of nitrogens with zero attached hydrogens (tertiary/aromatic N) is 3. The highest BCUT2D eigenvalue weighted by Gasteiger charge is 2.50. The number of rotatable bonds is 12. The number of aliphatic carboxylic acids is 1. The lowest BCUT2D eigenvalue weighted by atomic mass is 10.0. The Balaban J connectivity index is 1.59. The molecule has 4 rings (SSSR count). The van der Waals surface area contributed by atoms with Gasteiger partial charge in [-0.1, -0.05) is 63.2 Å². The van der Waals surface area contributed by atoms with Crippen molar-refractivity contribution in [3.05, 3.63) is 84.2 Å². The molecule has 244 valence electrons. The summed E-state index contributed by atoms with van der Waals surface area (Å²) in [6.07, 6.45) is 2.59. The molecule has 3 aromatic rings. The molecule has 1 fully saturated rings. The number of carbonyl (C=O) groups excluding carboxylic acids is 3. The van der Waals surface area contributed by atoms with E-state index in [1.54, 1.807) is 57.2 Å². The Morgan fingerprint density at radius 3 is 2.35 bits per heavy atom. The Kier molecular flexibility index (Phi) is 10.9. The first-order valence-electron chi connectivity index (χ1n) is 15.1. The van der Waals surface area contributed by atoms with Crippen molar-refractivity contribution in [1.29, 1.82) is 0 Å². The van der Waals surface area contributed by atoms with Crippen LogP contribution in [0.5, 0.6) is 0 Å². The zero-order chi connectivity index (χ0) is 33.5. The van der Waals surface area contributed by atoms with Crippen molar-refractivity contribution in [1.82, 2.24) is 19.5 Å². The van der Waals surface area contributed by atoms with Crippen molar-refractivity contribution in [2.45, 2.75) is 63.6 Å².